The van der Waals surface area contributed by atoms with Crippen molar-refractivity contribution in [1.82, 2.24) is 4.98 Å². The number of hydrogen-bond donors (Lipinski definition) is 3. The van der Waals surface area contributed by atoms with Gasteiger partial charge in [-0.2, -0.15) is 0 Å². The number of aliphatic hydroxyl groups is 1. The summed E-state index contributed by atoms with van der Waals surface area (Å²) in [5.74, 6) is -0.852. The fraction of sp³-hybridized carbons (Fsp3) is 0.0833. The molecular weight excluding hydrogens is 488 g/mol. The third kappa shape index (κ3) is 7.19. The van der Waals surface area contributed by atoms with Gasteiger partial charge in [0.2, 0.25) is 0 Å². The standard InChI is InChI=1S/C24H22N4O5S2/c1-2-33-23(30)20(22(29)17-8-4-3-5-9-17)16-26-24(34)27-18-11-13-19(14-12-18)35(31,32)28-21-10-6-7-15-25-21/h3-16,29H,2H2,1H3,(H,25,28)(H,27,34)/b22-20+,26-16+. The molecule has 0 fully saturated rings. The number of nitrogens with one attached hydrogen (secondary N) is 2. The summed E-state index contributed by atoms with van der Waals surface area (Å²) in [6.45, 7) is 1.76. The fourth-order valence-electron chi connectivity index (χ4n) is 2.79. The van der Waals surface area contributed by atoms with Crippen LogP contribution in [0.15, 0.2) is 94.5 Å². The summed E-state index contributed by atoms with van der Waals surface area (Å²) in [4.78, 5) is 20.3. The van der Waals surface area contributed by atoms with E-state index in [2.05, 4.69) is 20.0 Å². The number of pyridine rings is 1. The number of aromatic nitrogens is 1. The Morgan fingerprint density at radius 1 is 1.09 bits per heavy atom. The van der Waals surface area contributed by atoms with Crippen molar-refractivity contribution in [2.24, 2.45) is 4.99 Å². The number of benzene rings is 2. The Hall–Kier alpha value is -4.09. The van der Waals surface area contributed by atoms with E-state index in [9.17, 15) is 18.3 Å². The number of ether oxygens (including phenoxy) is 1. The molecule has 3 N–H and O–H groups in total. The van der Waals surface area contributed by atoms with Gasteiger partial charge in [-0.15, -0.1) is 0 Å². The number of aliphatic imine (C=N–C) groups is 1. The van der Waals surface area contributed by atoms with Gasteiger partial charge in [0.25, 0.3) is 10.0 Å². The number of anilines is 2. The molecule has 180 valence electrons. The number of esters is 1. The summed E-state index contributed by atoms with van der Waals surface area (Å²) >= 11 is 5.20. The molecule has 0 amide bonds. The first-order valence-electron chi connectivity index (χ1n) is 10.3. The molecule has 0 aliphatic heterocycles. The Kier molecular flexibility index (Phi) is 8.65. The van der Waals surface area contributed by atoms with Crippen molar-refractivity contribution in [3.8, 4) is 0 Å². The topological polar surface area (TPSA) is 130 Å². The van der Waals surface area contributed by atoms with Crippen LogP contribution < -0.4 is 10.0 Å². The van der Waals surface area contributed by atoms with Gasteiger partial charge in [-0.1, -0.05) is 36.4 Å². The van der Waals surface area contributed by atoms with Crippen molar-refractivity contribution in [3.63, 3.8) is 0 Å². The smallest absolute Gasteiger partial charge is 0.343 e. The molecule has 9 nitrogen and oxygen atoms in total. The first-order chi connectivity index (χ1) is 16.8. The maximum absolute atomic E-state index is 12.5. The number of sulfonamides is 1. The van der Waals surface area contributed by atoms with Crippen LogP contribution in [0.25, 0.3) is 5.76 Å². The molecule has 0 atom stereocenters. The summed E-state index contributed by atoms with van der Waals surface area (Å²) in [5, 5.41) is 13.4. The highest BCUT2D eigenvalue weighted by molar-refractivity contribution is 7.92. The molecule has 3 rings (SSSR count). The quantitative estimate of drug-likeness (QED) is 0.135. The van der Waals surface area contributed by atoms with Gasteiger partial charge in [0.05, 0.1) is 11.5 Å². The lowest BCUT2D eigenvalue weighted by Gasteiger charge is -2.09. The zero-order valence-corrected chi connectivity index (χ0v) is 20.2. The Morgan fingerprint density at radius 2 is 1.77 bits per heavy atom. The number of carbonyl (C=O) groups is 1. The minimum absolute atomic E-state index is 0.0186. The van der Waals surface area contributed by atoms with Gasteiger partial charge in [-0.3, -0.25) is 4.72 Å². The maximum atomic E-state index is 12.5. The zero-order chi connectivity index (χ0) is 25.3. The number of thiocarbonyl (C=S) groups is 1. The zero-order valence-electron chi connectivity index (χ0n) is 18.6. The van der Waals surface area contributed by atoms with Gasteiger partial charge in [0.1, 0.15) is 17.2 Å². The minimum atomic E-state index is -3.82. The monoisotopic (exact) mass is 510 g/mol. The van der Waals surface area contributed by atoms with E-state index in [-0.39, 0.29) is 33.8 Å². The number of hydrogen-bond acceptors (Lipinski definition) is 7. The van der Waals surface area contributed by atoms with E-state index in [0.29, 0.717) is 11.3 Å². The lowest BCUT2D eigenvalue weighted by atomic mass is 10.1. The molecule has 0 saturated heterocycles. The van der Waals surface area contributed by atoms with Crippen LogP contribution in [0.4, 0.5) is 11.5 Å². The van der Waals surface area contributed by atoms with Gasteiger partial charge in [-0.05, 0) is 55.5 Å². The Labute approximate surface area is 208 Å². The van der Waals surface area contributed by atoms with Crippen LogP contribution in [0.3, 0.4) is 0 Å². The second-order valence-electron chi connectivity index (χ2n) is 6.88. The molecule has 0 unspecified atom stereocenters. The van der Waals surface area contributed by atoms with Crippen LogP contribution in [-0.4, -0.2) is 42.4 Å². The molecule has 0 aliphatic carbocycles. The van der Waals surface area contributed by atoms with Gasteiger partial charge in [0, 0.05) is 23.7 Å². The van der Waals surface area contributed by atoms with Crippen LogP contribution in [0.1, 0.15) is 12.5 Å². The average Bonchev–Trinajstić information content (AvgIpc) is 2.85. The molecule has 11 heteroatoms. The summed E-state index contributed by atoms with van der Waals surface area (Å²) < 4.78 is 32.4. The first kappa shape index (κ1) is 25.5. The third-order valence-electron chi connectivity index (χ3n) is 4.43. The predicted molar refractivity (Wildman–Crippen MR) is 139 cm³/mol. The lowest BCUT2D eigenvalue weighted by Crippen LogP contribution is -2.14. The normalized spacial score (nSPS) is 12.0. The SMILES string of the molecule is CCOC(=O)C(/C=N/C(=S)Nc1ccc(S(=O)(=O)Nc2ccccn2)cc1)=C(/O)c1ccccc1. The summed E-state index contributed by atoms with van der Waals surface area (Å²) in [6, 6.07) is 19.2. The second kappa shape index (κ2) is 11.9. The molecule has 0 radical (unpaired) electrons. The van der Waals surface area contributed by atoms with E-state index in [1.165, 1.54) is 30.5 Å². The number of aliphatic hydroxyl groups excluding tert-OH is 1. The number of rotatable bonds is 8. The van der Waals surface area contributed by atoms with Gasteiger partial charge < -0.3 is 15.2 Å². The van der Waals surface area contributed by atoms with Gasteiger partial charge in [0.15, 0.2) is 5.11 Å². The van der Waals surface area contributed by atoms with E-state index >= 15 is 0 Å². The van der Waals surface area contributed by atoms with E-state index in [0.717, 1.165) is 6.21 Å². The Balaban J connectivity index is 1.73. The van der Waals surface area contributed by atoms with Gasteiger partial charge in [-0.25, -0.2) is 23.2 Å². The second-order valence-corrected chi connectivity index (χ2v) is 8.95. The molecule has 0 spiro atoms. The molecule has 3 aromatic rings. The van der Waals surface area contributed by atoms with Crippen molar-refractivity contribution in [2.75, 3.05) is 16.6 Å². The summed E-state index contributed by atoms with van der Waals surface area (Å²) in [5.41, 5.74) is 0.721. The van der Waals surface area contributed by atoms with Crippen molar-refractivity contribution < 1.29 is 23.1 Å². The molecule has 1 heterocycles. The average molecular weight is 511 g/mol. The highest BCUT2D eigenvalue weighted by atomic mass is 32.2. The number of carbonyl (C=O) groups excluding carboxylic acids is 1. The largest absolute Gasteiger partial charge is 0.506 e. The van der Waals surface area contributed by atoms with E-state index in [4.69, 9.17) is 17.0 Å². The molecule has 2 aromatic carbocycles. The number of nitrogens with zero attached hydrogens (tertiary/aromatic N) is 2. The Bertz CT molecular complexity index is 1340. The van der Waals surface area contributed by atoms with Crippen LogP contribution in [-0.2, 0) is 19.6 Å². The van der Waals surface area contributed by atoms with Crippen molar-refractivity contribution >= 4 is 56.8 Å². The van der Waals surface area contributed by atoms with Crippen LogP contribution in [0, 0.1) is 0 Å². The first-order valence-corrected chi connectivity index (χ1v) is 12.2. The van der Waals surface area contributed by atoms with Crippen molar-refractivity contribution in [1.29, 1.82) is 0 Å². The van der Waals surface area contributed by atoms with Crippen molar-refractivity contribution in [2.45, 2.75) is 11.8 Å². The van der Waals surface area contributed by atoms with Crippen LogP contribution in [0.2, 0.25) is 0 Å². The predicted octanol–water partition coefficient (Wildman–Crippen LogP) is 4.18. The molecular formula is C24H22N4O5S2. The van der Waals surface area contributed by atoms with E-state index in [1.54, 1.807) is 55.5 Å². The van der Waals surface area contributed by atoms with Crippen LogP contribution in [0.5, 0.6) is 0 Å². The molecule has 35 heavy (non-hydrogen) atoms. The molecule has 1 aromatic heterocycles. The molecule has 0 aliphatic rings. The van der Waals surface area contributed by atoms with Crippen LogP contribution >= 0.6 is 12.2 Å². The molecule has 0 saturated carbocycles. The maximum Gasteiger partial charge on any atom is 0.343 e. The lowest BCUT2D eigenvalue weighted by molar-refractivity contribution is -0.137. The summed E-state index contributed by atoms with van der Waals surface area (Å²) in [7, 11) is -3.82. The molecule has 0 bridgehead atoms. The van der Waals surface area contributed by atoms with Gasteiger partial charge >= 0.3 is 5.97 Å². The highest BCUT2D eigenvalue weighted by Gasteiger charge is 2.17. The van der Waals surface area contributed by atoms with E-state index in [1.807, 2.05) is 0 Å². The fourth-order valence-corrected chi connectivity index (χ4v) is 3.97. The third-order valence-corrected chi connectivity index (χ3v) is 6.01. The highest BCUT2D eigenvalue weighted by Crippen LogP contribution is 2.18. The van der Waals surface area contributed by atoms with Crippen molar-refractivity contribution in [3.05, 3.63) is 90.1 Å². The minimum Gasteiger partial charge on any atom is -0.506 e. The van der Waals surface area contributed by atoms with E-state index < -0.39 is 16.0 Å². The summed E-state index contributed by atoms with van der Waals surface area (Å²) in [6.07, 6.45) is 2.60. The Morgan fingerprint density at radius 3 is 2.40 bits per heavy atom.